The Balaban J connectivity index is 2.05. The first-order valence-corrected chi connectivity index (χ1v) is 6.54. The fourth-order valence-corrected chi connectivity index (χ4v) is 3.14. The van der Waals surface area contributed by atoms with Gasteiger partial charge in [-0.1, -0.05) is 0 Å². The zero-order valence-corrected chi connectivity index (χ0v) is 11.0. The maximum absolute atomic E-state index is 11.7. The van der Waals surface area contributed by atoms with E-state index in [1.807, 2.05) is 0 Å². The average molecular weight is 279 g/mol. The molecule has 1 saturated carbocycles. The zero-order chi connectivity index (χ0) is 14.4. The van der Waals surface area contributed by atoms with Crippen molar-refractivity contribution in [2.24, 2.45) is 11.8 Å². The second-order valence-electron chi connectivity index (χ2n) is 5.34. The molecule has 1 unspecified atom stereocenters. The largest absolute Gasteiger partial charge is 0.396 e. The van der Waals surface area contributed by atoms with E-state index >= 15 is 0 Å². The lowest BCUT2D eigenvalue weighted by molar-refractivity contribution is -0.0464. The Bertz CT molecular complexity index is 692. The third-order valence-electron chi connectivity index (χ3n) is 4.13. The van der Waals surface area contributed by atoms with Crippen molar-refractivity contribution < 1.29 is 10.2 Å². The van der Waals surface area contributed by atoms with Crippen molar-refractivity contribution in [3.05, 3.63) is 16.7 Å². The summed E-state index contributed by atoms with van der Waals surface area (Å²) in [5, 5.41) is 19.2. The standard InChI is InChI=1S/C12H17N5O3/c1-5(19)8-6(3-18)2-7(8)17-4-14-9-10(17)15-12(13)16-11(9)20/h4-8,18-19H,2-3H2,1H3,(H3,13,15,16,20)/t5?,6-,7-,8-/m1/s1. The average Bonchev–Trinajstić information content (AvgIpc) is 2.71. The normalized spacial score (nSPS) is 27.4. The van der Waals surface area contributed by atoms with Crippen molar-refractivity contribution in [1.82, 2.24) is 19.5 Å². The van der Waals surface area contributed by atoms with E-state index in [0.717, 1.165) is 0 Å². The lowest BCUT2D eigenvalue weighted by Gasteiger charge is -2.46. The van der Waals surface area contributed by atoms with Gasteiger partial charge < -0.3 is 20.5 Å². The van der Waals surface area contributed by atoms with Crippen LogP contribution in [0.2, 0.25) is 0 Å². The molecule has 2 aromatic heterocycles. The van der Waals surface area contributed by atoms with Gasteiger partial charge in [0.15, 0.2) is 11.2 Å². The molecular formula is C12H17N5O3. The number of aromatic amines is 1. The molecule has 8 nitrogen and oxygen atoms in total. The number of nitrogens with zero attached hydrogens (tertiary/aromatic N) is 3. The minimum atomic E-state index is -0.553. The number of imidazole rings is 1. The van der Waals surface area contributed by atoms with E-state index in [9.17, 15) is 15.0 Å². The van der Waals surface area contributed by atoms with Crippen LogP contribution in [0.4, 0.5) is 5.95 Å². The van der Waals surface area contributed by atoms with Crippen molar-refractivity contribution in [3.63, 3.8) is 0 Å². The molecule has 1 fully saturated rings. The first-order valence-electron chi connectivity index (χ1n) is 6.54. The molecule has 3 rings (SSSR count). The molecule has 2 aromatic rings. The van der Waals surface area contributed by atoms with E-state index in [-0.39, 0.29) is 41.5 Å². The topological polar surface area (TPSA) is 130 Å². The first kappa shape index (κ1) is 13.1. The van der Waals surface area contributed by atoms with E-state index < -0.39 is 6.10 Å². The molecule has 1 aliphatic rings. The van der Waals surface area contributed by atoms with Crippen LogP contribution in [0, 0.1) is 11.8 Å². The summed E-state index contributed by atoms with van der Waals surface area (Å²) >= 11 is 0. The second kappa shape index (κ2) is 4.57. The summed E-state index contributed by atoms with van der Waals surface area (Å²) in [6, 6.07) is -0.0363. The molecule has 0 amide bonds. The predicted octanol–water partition coefficient (Wildman–Crippen LogP) is -0.748. The Morgan fingerprint density at radius 3 is 3.05 bits per heavy atom. The summed E-state index contributed by atoms with van der Waals surface area (Å²) in [4.78, 5) is 22.3. The van der Waals surface area contributed by atoms with E-state index in [1.54, 1.807) is 17.8 Å². The van der Waals surface area contributed by atoms with Crippen LogP contribution in [0.25, 0.3) is 11.2 Å². The molecule has 0 spiro atoms. The summed E-state index contributed by atoms with van der Waals surface area (Å²) in [5.74, 6) is 0.00684. The molecule has 0 radical (unpaired) electrons. The molecule has 0 aliphatic heterocycles. The van der Waals surface area contributed by atoms with Crippen LogP contribution < -0.4 is 11.3 Å². The lowest BCUT2D eigenvalue weighted by Crippen LogP contribution is -2.46. The summed E-state index contributed by atoms with van der Waals surface area (Å²) in [7, 11) is 0. The van der Waals surface area contributed by atoms with E-state index in [2.05, 4.69) is 15.0 Å². The van der Waals surface area contributed by atoms with Crippen LogP contribution in [0.15, 0.2) is 11.1 Å². The van der Waals surface area contributed by atoms with Crippen molar-refractivity contribution in [2.45, 2.75) is 25.5 Å². The molecule has 0 bridgehead atoms. The van der Waals surface area contributed by atoms with Crippen molar-refractivity contribution >= 4 is 17.1 Å². The number of aliphatic hydroxyl groups is 2. The number of fused-ring (bicyclic) bond motifs is 1. The Hall–Kier alpha value is -1.93. The fraction of sp³-hybridized carbons (Fsp3) is 0.583. The minimum absolute atomic E-state index is 0.0363. The monoisotopic (exact) mass is 279 g/mol. The SMILES string of the molecule is CC(O)[C@@H]1[C@@H](CO)C[C@H]1n1cnc2c(=O)[nH]c(N)nc21. The van der Waals surface area contributed by atoms with Crippen LogP contribution in [0.1, 0.15) is 19.4 Å². The van der Waals surface area contributed by atoms with Crippen LogP contribution in [0.5, 0.6) is 0 Å². The van der Waals surface area contributed by atoms with Gasteiger partial charge in [0.05, 0.1) is 12.4 Å². The Morgan fingerprint density at radius 2 is 2.40 bits per heavy atom. The number of rotatable bonds is 3. The van der Waals surface area contributed by atoms with E-state index in [1.165, 1.54) is 0 Å². The summed E-state index contributed by atoms with van der Waals surface area (Å²) < 4.78 is 1.77. The third kappa shape index (κ3) is 1.80. The molecule has 20 heavy (non-hydrogen) atoms. The number of H-pyrrole nitrogens is 1. The maximum Gasteiger partial charge on any atom is 0.280 e. The van der Waals surface area contributed by atoms with Crippen LogP contribution >= 0.6 is 0 Å². The molecule has 0 aromatic carbocycles. The smallest absolute Gasteiger partial charge is 0.280 e. The molecule has 1 aliphatic carbocycles. The lowest BCUT2D eigenvalue weighted by atomic mass is 9.67. The predicted molar refractivity (Wildman–Crippen MR) is 72.0 cm³/mol. The van der Waals surface area contributed by atoms with Gasteiger partial charge in [-0.3, -0.25) is 9.78 Å². The highest BCUT2D eigenvalue weighted by atomic mass is 16.3. The van der Waals surface area contributed by atoms with E-state index in [0.29, 0.717) is 12.1 Å². The summed E-state index contributed by atoms with van der Waals surface area (Å²) in [6.45, 7) is 1.74. The number of hydrogen-bond acceptors (Lipinski definition) is 6. The number of nitrogens with one attached hydrogen (secondary N) is 1. The van der Waals surface area contributed by atoms with Crippen molar-refractivity contribution in [1.29, 1.82) is 0 Å². The molecule has 2 heterocycles. The van der Waals surface area contributed by atoms with Gasteiger partial charge >= 0.3 is 0 Å². The molecular weight excluding hydrogens is 262 g/mol. The number of nitrogens with two attached hydrogens (primary N) is 1. The highest BCUT2D eigenvalue weighted by molar-refractivity contribution is 5.70. The van der Waals surface area contributed by atoms with Gasteiger partial charge in [0, 0.05) is 18.6 Å². The maximum atomic E-state index is 11.7. The number of aromatic nitrogens is 4. The quantitative estimate of drug-likeness (QED) is 0.585. The fourth-order valence-electron chi connectivity index (χ4n) is 3.14. The van der Waals surface area contributed by atoms with E-state index in [4.69, 9.17) is 5.73 Å². The van der Waals surface area contributed by atoms with Gasteiger partial charge in [-0.05, 0) is 19.3 Å². The van der Waals surface area contributed by atoms with Gasteiger partial charge in [0.2, 0.25) is 5.95 Å². The summed E-state index contributed by atoms with van der Waals surface area (Å²) in [5.41, 5.74) is 5.83. The number of aliphatic hydroxyl groups excluding tert-OH is 2. The van der Waals surface area contributed by atoms with Crippen molar-refractivity contribution in [2.75, 3.05) is 12.3 Å². The number of nitrogen functional groups attached to an aromatic ring is 1. The Labute approximate surface area is 114 Å². The zero-order valence-electron chi connectivity index (χ0n) is 11.0. The third-order valence-corrected chi connectivity index (χ3v) is 4.13. The molecule has 0 saturated heterocycles. The van der Waals surface area contributed by atoms with Gasteiger partial charge in [-0.25, -0.2) is 4.98 Å². The Kier molecular flexibility index (Phi) is 2.98. The highest BCUT2D eigenvalue weighted by Crippen LogP contribution is 2.46. The number of hydrogen-bond donors (Lipinski definition) is 4. The summed E-state index contributed by atoms with van der Waals surface area (Å²) in [6.07, 6.45) is 1.70. The molecule has 108 valence electrons. The van der Waals surface area contributed by atoms with Crippen LogP contribution in [-0.2, 0) is 0 Å². The van der Waals surface area contributed by atoms with Gasteiger partial charge in [-0.2, -0.15) is 4.98 Å². The molecule has 5 N–H and O–H groups in total. The first-order chi connectivity index (χ1) is 9.52. The van der Waals surface area contributed by atoms with Crippen LogP contribution in [-0.4, -0.2) is 42.4 Å². The minimum Gasteiger partial charge on any atom is -0.396 e. The Morgan fingerprint density at radius 1 is 1.65 bits per heavy atom. The van der Waals surface area contributed by atoms with Gasteiger partial charge in [-0.15, -0.1) is 0 Å². The molecule has 8 heteroatoms. The molecule has 4 atom stereocenters. The van der Waals surface area contributed by atoms with Gasteiger partial charge in [0.1, 0.15) is 0 Å². The number of anilines is 1. The van der Waals surface area contributed by atoms with Gasteiger partial charge in [0.25, 0.3) is 5.56 Å². The van der Waals surface area contributed by atoms with Crippen LogP contribution in [0.3, 0.4) is 0 Å². The second-order valence-corrected chi connectivity index (χ2v) is 5.34. The highest BCUT2D eigenvalue weighted by Gasteiger charge is 2.45. The van der Waals surface area contributed by atoms with Crippen molar-refractivity contribution in [3.8, 4) is 0 Å².